The molecular formula is C27H31ClN4O4. The van der Waals surface area contributed by atoms with Gasteiger partial charge in [0.15, 0.2) is 0 Å². The Kier molecular flexibility index (Phi) is 9.06. The van der Waals surface area contributed by atoms with Crippen LogP contribution in [-0.2, 0) is 16.0 Å². The van der Waals surface area contributed by atoms with Gasteiger partial charge in [-0.2, -0.15) is 5.26 Å². The maximum Gasteiger partial charge on any atom is 0.411 e. The molecule has 2 heterocycles. The summed E-state index contributed by atoms with van der Waals surface area (Å²) in [5, 5.41) is 13.6. The molecule has 2 aromatic carbocycles. The number of benzene rings is 2. The molecule has 0 unspecified atom stereocenters. The van der Waals surface area contributed by atoms with Crippen LogP contribution in [0.3, 0.4) is 0 Å². The lowest BCUT2D eigenvalue weighted by Gasteiger charge is -2.26. The number of aryl methyl sites for hydroxylation is 1. The lowest BCUT2D eigenvalue weighted by Crippen LogP contribution is -2.37. The number of hydrogen-bond donors (Lipinski definition) is 1. The van der Waals surface area contributed by atoms with Gasteiger partial charge in [0.25, 0.3) is 0 Å². The molecule has 36 heavy (non-hydrogen) atoms. The van der Waals surface area contributed by atoms with E-state index in [0.717, 1.165) is 67.2 Å². The number of halogens is 1. The number of nitriles is 1. The molecule has 1 fully saturated rings. The molecular weight excluding hydrogens is 480 g/mol. The third-order valence-electron chi connectivity index (χ3n) is 6.15. The van der Waals surface area contributed by atoms with Crippen LogP contribution in [0.1, 0.15) is 18.9 Å². The number of hydrogen-bond acceptors (Lipinski definition) is 6. The number of ether oxygens (including phenoxy) is 3. The van der Waals surface area contributed by atoms with E-state index in [9.17, 15) is 10.1 Å². The van der Waals surface area contributed by atoms with Crippen LogP contribution in [-0.4, -0.2) is 67.5 Å². The summed E-state index contributed by atoms with van der Waals surface area (Å²) in [6.45, 7) is 8.01. The molecule has 0 saturated carbocycles. The first-order valence-corrected chi connectivity index (χ1v) is 12.8. The number of anilines is 1. The molecule has 9 heteroatoms. The number of amides is 1. The predicted octanol–water partition coefficient (Wildman–Crippen LogP) is 5.09. The van der Waals surface area contributed by atoms with Gasteiger partial charge in [0.1, 0.15) is 18.4 Å². The Morgan fingerprint density at radius 3 is 2.78 bits per heavy atom. The standard InChI is InChI=1S/C27H31ClN4O4/c1-2-32-25-18-22(35-13-4-10-31-11-15-34-16-12-31)7-8-23(25)24(19-29)26(32)20-5-3-6-21(17-20)30-27(33)36-14-9-28/h3,5-8,17-18H,2,4,9-16H2,1H3,(H,30,33). The first kappa shape index (κ1) is 25.8. The Morgan fingerprint density at radius 1 is 1.19 bits per heavy atom. The number of nitrogens with zero attached hydrogens (tertiary/aromatic N) is 3. The van der Waals surface area contributed by atoms with Crippen molar-refractivity contribution in [3.05, 3.63) is 48.0 Å². The monoisotopic (exact) mass is 510 g/mol. The first-order valence-electron chi connectivity index (χ1n) is 12.2. The van der Waals surface area contributed by atoms with E-state index in [0.29, 0.717) is 24.4 Å². The van der Waals surface area contributed by atoms with E-state index in [1.54, 1.807) is 6.07 Å². The fourth-order valence-corrected chi connectivity index (χ4v) is 4.57. The summed E-state index contributed by atoms with van der Waals surface area (Å²) >= 11 is 5.58. The van der Waals surface area contributed by atoms with Crippen molar-refractivity contribution in [2.24, 2.45) is 0 Å². The zero-order valence-corrected chi connectivity index (χ0v) is 21.2. The van der Waals surface area contributed by atoms with Gasteiger partial charge in [0.05, 0.1) is 42.5 Å². The largest absolute Gasteiger partial charge is 0.493 e. The van der Waals surface area contributed by atoms with Crippen molar-refractivity contribution in [1.82, 2.24) is 9.47 Å². The molecule has 1 amide bonds. The summed E-state index contributed by atoms with van der Waals surface area (Å²) < 4.78 is 18.6. The topological polar surface area (TPSA) is 88.8 Å². The second-order valence-corrected chi connectivity index (χ2v) is 8.82. The Morgan fingerprint density at radius 2 is 2.03 bits per heavy atom. The van der Waals surface area contributed by atoms with Crippen LogP contribution < -0.4 is 10.1 Å². The smallest absolute Gasteiger partial charge is 0.411 e. The normalized spacial score (nSPS) is 13.9. The quantitative estimate of drug-likeness (QED) is 0.302. The third kappa shape index (κ3) is 6.11. The molecule has 0 aliphatic carbocycles. The maximum atomic E-state index is 12.0. The number of morpholine rings is 1. The van der Waals surface area contributed by atoms with Crippen molar-refractivity contribution >= 4 is 34.3 Å². The van der Waals surface area contributed by atoms with Crippen molar-refractivity contribution < 1.29 is 19.0 Å². The Bertz CT molecular complexity index is 1230. The van der Waals surface area contributed by atoms with Gasteiger partial charge in [-0.3, -0.25) is 10.2 Å². The fourth-order valence-electron chi connectivity index (χ4n) is 4.49. The molecule has 0 spiro atoms. The number of aromatic nitrogens is 1. The molecule has 4 rings (SSSR count). The molecule has 1 N–H and O–H groups in total. The Hall–Kier alpha value is -3.25. The molecule has 1 saturated heterocycles. The third-order valence-corrected chi connectivity index (χ3v) is 6.30. The summed E-state index contributed by atoms with van der Waals surface area (Å²) in [6.07, 6.45) is 0.369. The second-order valence-electron chi connectivity index (χ2n) is 8.45. The van der Waals surface area contributed by atoms with Crippen LogP contribution in [0.25, 0.3) is 22.2 Å². The van der Waals surface area contributed by atoms with Gasteiger partial charge in [-0.05, 0) is 37.6 Å². The molecule has 3 aromatic rings. The minimum Gasteiger partial charge on any atom is -0.493 e. The molecule has 190 valence electrons. The highest BCUT2D eigenvalue weighted by atomic mass is 35.5. The van der Waals surface area contributed by atoms with Crippen LogP contribution in [0.2, 0.25) is 0 Å². The zero-order valence-electron chi connectivity index (χ0n) is 20.5. The lowest BCUT2D eigenvalue weighted by atomic mass is 10.1. The van der Waals surface area contributed by atoms with Gasteiger partial charge in [-0.25, -0.2) is 4.79 Å². The van der Waals surface area contributed by atoms with Crippen LogP contribution in [0.5, 0.6) is 5.75 Å². The number of nitrogens with one attached hydrogen (secondary N) is 1. The zero-order chi connectivity index (χ0) is 25.3. The molecule has 1 aromatic heterocycles. The van der Waals surface area contributed by atoms with E-state index in [2.05, 4.69) is 20.9 Å². The number of alkyl halides is 1. The van der Waals surface area contributed by atoms with Gasteiger partial charge in [0.2, 0.25) is 0 Å². The predicted molar refractivity (Wildman–Crippen MR) is 141 cm³/mol. The molecule has 1 aliphatic rings. The van der Waals surface area contributed by atoms with Crippen molar-refractivity contribution in [3.8, 4) is 23.1 Å². The number of carbonyl (C=O) groups is 1. The second kappa shape index (κ2) is 12.6. The molecule has 0 bridgehead atoms. The summed E-state index contributed by atoms with van der Waals surface area (Å²) in [4.78, 5) is 14.4. The summed E-state index contributed by atoms with van der Waals surface area (Å²) in [7, 11) is 0. The van der Waals surface area contributed by atoms with E-state index < -0.39 is 6.09 Å². The fraction of sp³-hybridized carbons (Fsp3) is 0.407. The van der Waals surface area contributed by atoms with E-state index in [1.807, 2.05) is 43.3 Å². The van der Waals surface area contributed by atoms with E-state index in [4.69, 9.17) is 25.8 Å². The number of fused-ring (bicyclic) bond motifs is 1. The lowest BCUT2D eigenvalue weighted by molar-refractivity contribution is 0.0358. The highest BCUT2D eigenvalue weighted by Crippen LogP contribution is 2.36. The number of carbonyl (C=O) groups excluding carboxylic acids is 1. The van der Waals surface area contributed by atoms with Crippen LogP contribution in [0.15, 0.2) is 42.5 Å². The molecule has 0 atom stereocenters. The average Bonchev–Trinajstić information content (AvgIpc) is 3.23. The number of rotatable bonds is 10. The highest BCUT2D eigenvalue weighted by Gasteiger charge is 2.19. The van der Waals surface area contributed by atoms with Crippen LogP contribution in [0.4, 0.5) is 10.5 Å². The van der Waals surface area contributed by atoms with E-state index in [-0.39, 0.29) is 12.5 Å². The van der Waals surface area contributed by atoms with Crippen LogP contribution >= 0.6 is 11.6 Å². The summed E-state index contributed by atoms with van der Waals surface area (Å²) in [6, 6.07) is 15.6. The van der Waals surface area contributed by atoms with Crippen molar-refractivity contribution in [2.45, 2.75) is 19.9 Å². The van der Waals surface area contributed by atoms with Gasteiger partial charge in [-0.15, -0.1) is 11.6 Å². The molecule has 0 radical (unpaired) electrons. The van der Waals surface area contributed by atoms with Gasteiger partial charge in [-0.1, -0.05) is 12.1 Å². The summed E-state index contributed by atoms with van der Waals surface area (Å²) in [5.41, 5.74) is 3.74. The van der Waals surface area contributed by atoms with Crippen molar-refractivity contribution in [3.63, 3.8) is 0 Å². The maximum absolute atomic E-state index is 12.0. The van der Waals surface area contributed by atoms with E-state index in [1.165, 1.54) is 0 Å². The van der Waals surface area contributed by atoms with Crippen molar-refractivity contribution in [2.75, 3.05) is 57.3 Å². The highest BCUT2D eigenvalue weighted by molar-refractivity contribution is 6.18. The Labute approximate surface area is 216 Å². The first-order chi connectivity index (χ1) is 17.6. The molecule has 8 nitrogen and oxygen atoms in total. The Balaban J connectivity index is 1.55. The van der Waals surface area contributed by atoms with Gasteiger partial charge >= 0.3 is 6.09 Å². The SMILES string of the molecule is CCn1c(-c2cccc(NC(=O)OCCCl)c2)c(C#N)c2ccc(OCCCN3CCOCC3)cc21. The minimum absolute atomic E-state index is 0.132. The summed E-state index contributed by atoms with van der Waals surface area (Å²) in [5.74, 6) is 1.01. The van der Waals surface area contributed by atoms with Gasteiger partial charge in [0, 0.05) is 48.9 Å². The van der Waals surface area contributed by atoms with Gasteiger partial charge < -0.3 is 18.8 Å². The minimum atomic E-state index is -0.570. The van der Waals surface area contributed by atoms with Crippen LogP contribution in [0, 0.1) is 11.3 Å². The van der Waals surface area contributed by atoms with Crippen molar-refractivity contribution in [1.29, 1.82) is 5.26 Å². The average molecular weight is 511 g/mol. The van der Waals surface area contributed by atoms with E-state index >= 15 is 0 Å². The molecule has 1 aliphatic heterocycles.